The van der Waals surface area contributed by atoms with E-state index >= 15 is 0 Å². The summed E-state index contributed by atoms with van der Waals surface area (Å²) in [5.41, 5.74) is 0.709. The van der Waals surface area contributed by atoms with E-state index < -0.39 is 5.63 Å². The first-order valence-electron chi connectivity index (χ1n) is 8.11. The topological polar surface area (TPSA) is 71.3 Å². The molecule has 1 fully saturated rings. The summed E-state index contributed by atoms with van der Waals surface area (Å²) in [7, 11) is 0. The second-order valence-electron chi connectivity index (χ2n) is 6.77. The van der Waals surface area contributed by atoms with Crippen molar-refractivity contribution in [3.05, 3.63) is 44.2 Å². The molecule has 5 nitrogen and oxygen atoms in total. The SMILES string of the molecule is Cc1c(C(=O)NCC2(C)CCNCC2)c(=O)oc2ccc(Br)cc12.Cl. The van der Waals surface area contributed by atoms with Gasteiger partial charge in [-0.2, -0.15) is 0 Å². The van der Waals surface area contributed by atoms with Crippen LogP contribution in [0, 0.1) is 12.3 Å². The van der Waals surface area contributed by atoms with Crippen LogP contribution in [0.4, 0.5) is 0 Å². The van der Waals surface area contributed by atoms with Gasteiger partial charge in [0.05, 0.1) is 0 Å². The summed E-state index contributed by atoms with van der Waals surface area (Å²) in [6.45, 7) is 6.42. The minimum Gasteiger partial charge on any atom is -0.422 e. The molecule has 0 aliphatic carbocycles. The number of carbonyl (C=O) groups excluding carboxylic acids is 1. The predicted molar refractivity (Wildman–Crippen MR) is 105 cm³/mol. The molecule has 136 valence electrons. The predicted octanol–water partition coefficient (Wildman–Crippen LogP) is 3.41. The molecule has 25 heavy (non-hydrogen) atoms. The largest absolute Gasteiger partial charge is 0.422 e. The Balaban J connectivity index is 0.00000225. The normalized spacial score (nSPS) is 16.3. The van der Waals surface area contributed by atoms with E-state index in [2.05, 4.69) is 33.5 Å². The molecule has 1 saturated heterocycles. The molecule has 2 heterocycles. The Hall–Kier alpha value is -1.37. The van der Waals surface area contributed by atoms with E-state index in [0.29, 0.717) is 17.7 Å². The van der Waals surface area contributed by atoms with Crippen LogP contribution in [0.2, 0.25) is 0 Å². The standard InChI is InChI=1S/C18H21BrN2O3.ClH/c1-11-13-9-12(19)3-4-14(13)24-17(23)15(11)16(22)21-10-18(2)5-7-20-8-6-18;/h3-4,9,20H,5-8,10H2,1-2H3,(H,21,22);1H. The molecule has 1 amide bonds. The van der Waals surface area contributed by atoms with Gasteiger partial charge in [0.2, 0.25) is 0 Å². The smallest absolute Gasteiger partial charge is 0.349 e. The van der Waals surface area contributed by atoms with E-state index in [-0.39, 0.29) is 29.3 Å². The molecule has 7 heteroatoms. The van der Waals surface area contributed by atoms with E-state index in [1.165, 1.54) is 0 Å². The lowest BCUT2D eigenvalue weighted by molar-refractivity contribution is 0.0918. The maximum Gasteiger partial charge on any atom is 0.349 e. The third kappa shape index (κ3) is 4.25. The minimum atomic E-state index is -0.588. The fraction of sp³-hybridized carbons (Fsp3) is 0.444. The molecule has 1 aliphatic rings. The quantitative estimate of drug-likeness (QED) is 0.734. The summed E-state index contributed by atoms with van der Waals surface area (Å²) in [5.74, 6) is -0.358. The van der Waals surface area contributed by atoms with Crippen molar-refractivity contribution in [3.8, 4) is 0 Å². The fourth-order valence-corrected chi connectivity index (χ4v) is 3.54. The third-order valence-electron chi connectivity index (χ3n) is 4.84. The van der Waals surface area contributed by atoms with Crippen molar-refractivity contribution >= 4 is 45.2 Å². The number of piperidine rings is 1. The van der Waals surface area contributed by atoms with Crippen LogP contribution in [-0.2, 0) is 0 Å². The van der Waals surface area contributed by atoms with Crippen molar-refractivity contribution in [1.29, 1.82) is 0 Å². The molecule has 1 aromatic heterocycles. The highest BCUT2D eigenvalue weighted by Gasteiger charge is 2.28. The number of carbonyl (C=O) groups is 1. The molecule has 2 N–H and O–H groups in total. The molecule has 0 spiro atoms. The summed E-state index contributed by atoms with van der Waals surface area (Å²) >= 11 is 3.41. The zero-order valence-corrected chi connectivity index (χ0v) is 16.7. The molecule has 1 aromatic carbocycles. The molecule has 0 saturated carbocycles. The van der Waals surface area contributed by atoms with Gasteiger partial charge >= 0.3 is 5.63 Å². The van der Waals surface area contributed by atoms with E-state index in [1.54, 1.807) is 13.0 Å². The van der Waals surface area contributed by atoms with Crippen molar-refractivity contribution in [2.24, 2.45) is 5.41 Å². The molecule has 0 unspecified atom stereocenters. The maximum absolute atomic E-state index is 12.6. The molecular formula is C18H22BrClN2O3. The van der Waals surface area contributed by atoms with Gasteiger partial charge in [0.1, 0.15) is 11.1 Å². The van der Waals surface area contributed by atoms with Crippen LogP contribution in [-0.4, -0.2) is 25.5 Å². The van der Waals surface area contributed by atoms with Crippen LogP contribution in [0.3, 0.4) is 0 Å². The first-order valence-corrected chi connectivity index (χ1v) is 8.91. The average molecular weight is 430 g/mol. The number of rotatable bonds is 3. The number of fused-ring (bicyclic) bond motifs is 1. The molecule has 0 bridgehead atoms. The first kappa shape index (κ1) is 19.9. The van der Waals surface area contributed by atoms with Gasteiger partial charge in [-0.25, -0.2) is 4.79 Å². The number of benzene rings is 1. The van der Waals surface area contributed by atoms with E-state index in [0.717, 1.165) is 35.8 Å². The molecule has 0 radical (unpaired) electrons. The monoisotopic (exact) mass is 428 g/mol. The van der Waals surface area contributed by atoms with Gasteiger partial charge in [0.15, 0.2) is 0 Å². The van der Waals surface area contributed by atoms with Gasteiger partial charge in [-0.15, -0.1) is 12.4 Å². The van der Waals surface area contributed by atoms with Crippen molar-refractivity contribution < 1.29 is 9.21 Å². The molecule has 0 atom stereocenters. The number of halogens is 2. The third-order valence-corrected chi connectivity index (χ3v) is 5.33. The van der Waals surface area contributed by atoms with E-state index in [1.807, 2.05) is 12.1 Å². The lowest BCUT2D eigenvalue weighted by Crippen LogP contribution is -2.43. The number of nitrogens with one attached hydrogen (secondary N) is 2. The Morgan fingerprint density at radius 2 is 2.04 bits per heavy atom. The molecule has 1 aliphatic heterocycles. The summed E-state index contributed by atoms with van der Waals surface area (Å²) in [6, 6.07) is 5.40. The Morgan fingerprint density at radius 1 is 1.36 bits per heavy atom. The van der Waals surface area contributed by atoms with Crippen molar-refractivity contribution in [2.45, 2.75) is 26.7 Å². The van der Waals surface area contributed by atoms with Gasteiger partial charge in [-0.3, -0.25) is 4.79 Å². The van der Waals surface area contributed by atoms with Crippen LogP contribution >= 0.6 is 28.3 Å². The average Bonchev–Trinajstić information content (AvgIpc) is 2.55. The number of hydrogen-bond acceptors (Lipinski definition) is 4. The summed E-state index contributed by atoms with van der Waals surface area (Å²) in [5, 5.41) is 7.02. The Bertz CT molecular complexity index is 844. The lowest BCUT2D eigenvalue weighted by atomic mass is 9.81. The number of amides is 1. The van der Waals surface area contributed by atoms with Gasteiger partial charge in [0.25, 0.3) is 5.91 Å². The highest BCUT2D eigenvalue weighted by Crippen LogP contribution is 2.27. The summed E-state index contributed by atoms with van der Waals surface area (Å²) < 4.78 is 6.19. The van der Waals surface area contributed by atoms with E-state index in [4.69, 9.17) is 4.42 Å². The van der Waals surface area contributed by atoms with Gasteiger partial charge in [0, 0.05) is 16.4 Å². The van der Waals surface area contributed by atoms with Crippen LogP contribution in [0.5, 0.6) is 0 Å². The van der Waals surface area contributed by atoms with Crippen molar-refractivity contribution in [1.82, 2.24) is 10.6 Å². The first-order chi connectivity index (χ1) is 11.4. The van der Waals surface area contributed by atoms with Crippen LogP contribution < -0.4 is 16.3 Å². The lowest BCUT2D eigenvalue weighted by Gasteiger charge is -2.34. The van der Waals surface area contributed by atoms with Crippen LogP contribution in [0.15, 0.2) is 31.9 Å². The second-order valence-corrected chi connectivity index (χ2v) is 7.69. The van der Waals surface area contributed by atoms with Crippen LogP contribution in [0.1, 0.15) is 35.7 Å². The van der Waals surface area contributed by atoms with Gasteiger partial charge < -0.3 is 15.1 Å². The Morgan fingerprint density at radius 3 is 2.72 bits per heavy atom. The second kappa shape index (κ2) is 7.89. The Labute approximate surface area is 161 Å². The Kier molecular flexibility index (Phi) is 6.30. The number of hydrogen-bond donors (Lipinski definition) is 2. The van der Waals surface area contributed by atoms with Crippen molar-refractivity contribution in [2.75, 3.05) is 19.6 Å². The van der Waals surface area contributed by atoms with E-state index in [9.17, 15) is 9.59 Å². The molecular weight excluding hydrogens is 408 g/mol. The maximum atomic E-state index is 12.6. The zero-order valence-electron chi connectivity index (χ0n) is 14.3. The van der Waals surface area contributed by atoms with Gasteiger partial charge in [-0.1, -0.05) is 22.9 Å². The summed E-state index contributed by atoms with van der Waals surface area (Å²) in [4.78, 5) is 24.9. The number of aryl methyl sites for hydroxylation is 1. The fourth-order valence-electron chi connectivity index (χ4n) is 3.18. The highest BCUT2D eigenvalue weighted by atomic mass is 79.9. The zero-order chi connectivity index (χ0) is 17.3. The highest BCUT2D eigenvalue weighted by molar-refractivity contribution is 9.10. The molecule has 3 rings (SSSR count). The van der Waals surface area contributed by atoms with Crippen molar-refractivity contribution in [3.63, 3.8) is 0 Å². The molecule has 2 aromatic rings. The summed E-state index contributed by atoms with van der Waals surface area (Å²) in [6.07, 6.45) is 2.01. The van der Waals surface area contributed by atoms with Gasteiger partial charge in [-0.05, 0) is 62.0 Å². The van der Waals surface area contributed by atoms with Crippen LogP contribution in [0.25, 0.3) is 11.0 Å². The minimum absolute atomic E-state index is 0.